The Labute approximate surface area is 132 Å². The minimum Gasteiger partial charge on any atom is -0.313 e. The molecule has 20 heavy (non-hydrogen) atoms. The van der Waals surface area contributed by atoms with Crippen molar-refractivity contribution in [1.82, 2.24) is 5.32 Å². The van der Waals surface area contributed by atoms with Crippen LogP contribution in [0.1, 0.15) is 22.7 Å². The Morgan fingerprint density at radius 2 is 2.00 bits per heavy atom. The molecule has 1 nitrogen and oxygen atoms in total. The number of benzene rings is 2. The number of halogens is 3. The van der Waals surface area contributed by atoms with Gasteiger partial charge in [0.15, 0.2) is 0 Å². The number of hydrogen-bond acceptors (Lipinski definition) is 1. The first kappa shape index (κ1) is 15.5. The van der Waals surface area contributed by atoms with Crippen molar-refractivity contribution in [2.75, 3.05) is 7.05 Å². The van der Waals surface area contributed by atoms with Gasteiger partial charge in [0.25, 0.3) is 0 Å². The van der Waals surface area contributed by atoms with Gasteiger partial charge in [-0.05, 0) is 61.3 Å². The fourth-order valence-corrected chi connectivity index (χ4v) is 2.88. The Balaban J connectivity index is 2.31. The smallest absolute Gasteiger partial charge is 0.124 e. The van der Waals surface area contributed by atoms with Gasteiger partial charge in [0.05, 0.1) is 0 Å². The highest BCUT2D eigenvalue weighted by Gasteiger charge is 2.15. The Bertz CT molecular complexity index is 615. The van der Waals surface area contributed by atoms with Crippen molar-refractivity contribution in [3.8, 4) is 0 Å². The van der Waals surface area contributed by atoms with Crippen LogP contribution in [0.4, 0.5) is 4.39 Å². The summed E-state index contributed by atoms with van der Waals surface area (Å²) in [5, 5.41) is 3.77. The predicted molar refractivity (Wildman–Crippen MR) is 85.8 cm³/mol. The van der Waals surface area contributed by atoms with Crippen LogP contribution < -0.4 is 5.32 Å². The minimum absolute atomic E-state index is 0.135. The summed E-state index contributed by atoms with van der Waals surface area (Å²) < 4.78 is 14.1. The molecule has 0 saturated carbocycles. The van der Waals surface area contributed by atoms with Crippen molar-refractivity contribution in [3.63, 3.8) is 0 Å². The summed E-state index contributed by atoms with van der Waals surface area (Å²) in [4.78, 5) is 0. The van der Waals surface area contributed by atoms with Crippen molar-refractivity contribution in [2.24, 2.45) is 0 Å². The average molecular weight is 357 g/mol. The fraction of sp³-hybridized carbons (Fsp3) is 0.250. The first-order valence-corrected chi connectivity index (χ1v) is 7.55. The summed E-state index contributed by atoms with van der Waals surface area (Å²) in [6.07, 6.45) is 0.715. The molecular weight excluding hydrogens is 341 g/mol. The summed E-state index contributed by atoms with van der Waals surface area (Å²) in [5.41, 5.74) is 3.36. The predicted octanol–water partition coefficient (Wildman–Crippen LogP) is 5.05. The molecule has 0 amide bonds. The van der Waals surface area contributed by atoms with E-state index in [1.165, 1.54) is 23.3 Å². The van der Waals surface area contributed by atoms with Gasteiger partial charge in [0.2, 0.25) is 0 Å². The molecular formula is C16H16BrClFN. The molecule has 0 aliphatic carbocycles. The van der Waals surface area contributed by atoms with E-state index >= 15 is 0 Å². The van der Waals surface area contributed by atoms with Crippen LogP contribution in [0.3, 0.4) is 0 Å². The van der Waals surface area contributed by atoms with Crippen molar-refractivity contribution < 1.29 is 4.39 Å². The highest BCUT2D eigenvalue weighted by Crippen LogP contribution is 2.27. The maximum Gasteiger partial charge on any atom is 0.124 e. The zero-order chi connectivity index (χ0) is 14.7. The van der Waals surface area contributed by atoms with E-state index in [9.17, 15) is 4.39 Å². The Morgan fingerprint density at radius 3 is 2.65 bits per heavy atom. The van der Waals surface area contributed by atoms with Crippen molar-refractivity contribution >= 4 is 27.5 Å². The third kappa shape index (κ3) is 3.60. The molecule has 0 radical (unpaired) electrons. The highest BCUT2D eigenvalue weighted by molar-refractivity contribution is 9.10. The van der Waals surface area contributed by atoms with Gasteiger partial charge in [0, 0.05) is 15.5 Å². The van der Waals surface area contributed by atoms with E-state index in [1.54, 1.807) is 6.07 Å². The van der Waals surface area contributed by atoms with E-state index in [4.69, 9.17) is 11.6 Å². The quantitative estimate of drug-likeness (QED) is 0.808. The maximum absolute atomic E-state index is 13.1. The SMILES string of the molecule is CNC(Cc1ccc(F)cc1Cl)c1cc(Br)ccc1C. The standard InChI is InChI=1S/C16H16BrClFN/c1-10-3-5-12(17)8-14(10)16(20-2)7-11-4-6-13(19)9-15(11)18/h3-6,8-9,16,20H,7H2,1-2H3. The molecule has 1 N–H and O–H groups in total. The topological polar surface area (TPSA) is 12.0 Å². The zero-order valence-electron chi connectivity index (χ0n) is 11.4. The molecule has 2 rings (SSSR count). The number of nitrogens with one attached hydrogen (secondary N) is 1. The van der Waals surface area contributed by atoms with Crippen LogP contribution >= 0.6 is 27.5 Å². The van der Waals surface area contributed by atoms with Crippen LogP contribution in [0.5, 0.6) is 0 Å². The molecule has 0 aliphatic rings. The molecule has 0 aromatic heterocycles. The van der Waals surface area contributed by atoms with Gasteiger partial charge < -0.3 is 5.32 Å². The first-order chi connectivity index (χ1) is 9.51. The largest absolute Gasteiger partial charge is 0.313 e. The Morgan fingerprint density at radius 1 is 1.25 bits per heavy atom. The molecule has 0 aliphatic heterocycles. The van der Waals surface area contributed by atoms with Crippen LogP contribution in [-0.4, -0.2) is 7.05 Å². The lowest BCUT2D eigenvalue weighted by molar-refractivity contribution is 0.586. The molecule has 2 aromatic rings. The van der Waals surface area contributed by atoms with Crippen LogP contribution in [-0.2, 0) is 6.42 Å². The molecule has 4 heteroatoms. The summed E-state index contributed by atoms with van der Waals surface area (Å²) in [6, 6.07) is 10.9. The van der Waals surface area contributed by atoms with E-state index in [-0.39, 0.29) is 11.9 Å². The zero-order valence-corrected chi connectivity index (χ0v) is 13.7. The second-order valence-corrected chi connectivity index (χ2v) is 6.10. The van der Waals surface area contributed by atoms with Gasteiger partial charge in [-0.3, -0.25) is 0 Å². The molecule has 0 spiro atoms. The van der Waals surface area contributed by atoms with Crippen LogP contribution in [0.25, 0.3) is 0 Å². The Hall–Kier alpha value is -0.900. The number of aryl methyl sites for hydroxylation is 1. The van der Waals surface area contributed by atoms with Gasteiger partial charge in [-0.1, -0.05) is 39.7 Å². The normalized spacial score (nSPS) is 12.4. The van der Waals surface area contributed by atoms with Crippen molar-refractivity contribution in [1.29, 1.82) is 0 Å². The minimum atomic E-state index is -0.307. The summed E-state index contributed by atoms with van der Waals surface area (Å²) in [7, 11) is 1.92. The third-order valence-corrected chi connectivity index (χ3v) is 4.25. The maximum atomic E-state index is 13.1. The van der Waals surface area contributed by atoms with Crippen molar-refractivity contribution in [2.45, 2.75) is 19.4 Å². The van der Waals surface area contributed by atoms with Gasteiger partial charge in [0.1, 0.15) is 5.82 Å². The van der Waals surface area contributed by atoms with Crippen LogP contribution in [0.2, 0.25) is 5.02 Å². The molecule has 0 fully saturated rings. The number of hydrogen-bond donors (Lipinski definition) is 1. The first-order valence-electron chi connectivity index (χ1n) is 6.38. The average Bonchev–Trinajstić information content (AvgIpc) is 2.41. The molecule has 0 saturated heterocycles. The van der Waals surface area contributed by atoms with E-state index < -0.39 is 0 Å². The molecule has 0 bridgehead atoms. The highest BCUT2D eigenvalue weighted by atomic mass is 79.9. The monoisotopic (exact) mass is 355 g/mol. The Kier molecular flexibility index (Phi) is 5.19. The van der Waals surface area contributed by atoms with Gasteiger partial charge >= 0.3 is 0 Å². The second kappa shape index (κ2) is 6.70. The van der Waals surface area contributed by atoms with E-state index in [2.05, 4.69) is 40.3 Å². The molecule has 1 atom stereocenters. The van der Waals surface area contributed by atoms with Gasteiger partial charge in [-0.25, -0.2) is 4.39 Å². The van der Waals surface area contributed by atoms with Gasteiger partial charge in [-0.2, -0.15) is 0 Å². The summed E-state index contributed by atoms with van der Waals surface area (Å²) in [5.74, 6) is -0.307. The second-order valence-electron chi connectivity index (χ2n) is 4.78. The molecule has 2 aromatic carbocycles. The summed E-state index contributed by atoms with van der Waals surface area (Å²) in [6.45, 7) is 2.08. The molecule has 106 valence electrons. The fourth-order valence-electron chi connectivity index (χ4n) is 2.26. The van der Waals surface area contributed by atoms with E-state index in [0.29, 0.717) is 11.4 Å². The van der Waals surface area contributed by atoms with E-state index in [0.717, 1.165) is 10.0 Å². The van der Waals surface area contributed by atoms with Crippen LogP contribution in [0.15, 0.2) is 40.9 Å². The van der Waals surface area contributed by atoms with E-state index in [1.807, 2.05) is 13.1 Å². The van der Waals surface area contributed by atoms with Gasteiger partial charge in [-0.15, -0.1) is 0 Å². The lowest BCUT2D eigenvalue weighted by Crippen LogP contribution is -2.20. The lowest BCUT2D eigenvalue weighted by atomic mass is 9.95. The lowest BCUT2D eigenvalue weighted by Gasteiger charge is -2.20. The van der Waals surface area contributed by atoms with Crippen LogP contribution in [0, 0.1) is 12.7 Å². The summed E-state index contributed by atoms with van der Waals surface area (Å²) >= 11 is 9.61. The third-order valence-electron chi connectivity index (χ3n) is 3.40. The molecule has 1 unspecified atom stereocenters. The number of likely N-dealkylation sites (N-methyl/N-ethyl adjacent to an activating group) is 1. The van der Waals surface area contributed by atoms with Crippen molar-refractivity contribution in [3.05, 3.63) is 68.4 Å². The molecule has 0 heterocycles. The number of rotatable bonds is 4.